The van der Waals surface area contributed by atoms with Crippen LogP contribution in [0, 0.1) is 0 Å². The molecule has 45 heavy (non-hydrogen) atoms. The molecule has 7 rings (SSSR count). The van der Waals surface area contributed by atoms with Gasteiger partial charge in [0, 0.05) is 29.4 Å². The molecule has 0 saturated heterocycles. The van der Waals surface area contributed by atoms with Crippen LogP contribution in [0.4, 0.5) is 5.69 Å². The topological polar surface area (TPSA) is 48.8 Å². The number of amidine groups is 2. The number of allylic oxidation sites excluding steroid dienone is 1. The van der Waals surface area contributed by atoms with Crippen LogP contribution in [0.15, 0.2) is 156 Å². The van der Waals surface area contributed by atoms with Crippen LogP contribution < -0.4 is 10.6 Å². The lowest BCUT2D eigenvalue weighted by Crippen LogP contribution is -2.33. The van der Waals surface area contributed by atoms with Crippen molar-refractivity contribution in [3.05, 3.63) is 168 Å². The molecule has 0 radical (unpaired) electrons. The minimum Gasteiger partial charge on any atom is -0.387 e. The maximum atomic E-state index is 5.07. The lowest BCUT2D eigenvalue weighted by atomic mass is 9.88. The van der Waals surface area contributed by atoms with Crippen LogP contribution in [0.5, 0.6) is 0 Å². The lowest BCUT2D eigenvalue weighted by molar-refractivity contribution is 0.674. The smallest absolute Gasteiger partial charge is 0.159 e. The Kier molecular flexibility index (Phi) is 7.78. The second kappa shape index (κ2) is 12.5. The average molecular weight is 583 g/mol. The molecule has 0 aliphatic carbocycles. The molecule has 2 N–H and O–H groups in total. The summed E-state index contributed by atoms with van der Waals surface area (Å²) in [6.45, 7) is 2.05. The molecule has 0 amide bonds. The summed E-state index contributed by atoms with van der Waals surface area (Å²) < 4.78 is 0. The fourth-order valence-corrected chi connectivity index (χ4v) is 6.11. The number of hydrogen-bond acceptors (Lipinski definition) is 4. The molecule has 0 fully saturated rings. The minimum atomic E-state index is -0.276. The third-order valence-corrected chi connectivity index (χ3v) is 8.25. The van der Waals surface area contributed by atoms with Gasteiger partial charge in [0.1, 0.15) is 12.0 Å². The van der Waals surface area contributed by atoms with Gasteiger partial charge in [0.25, 0.3) is 0 Å². The van der Waals surface area contributed by atoms with Crippen molar-refractivity contribution in [3.8, 4) is 22.3 Å². The van der Waals surface area contributed by atoms with Gasteiger partial charge in [-0.05, 0) is 45.5 Å². The molecule has 0 saturated carbocycles. The van der Waals surface area contributed by atoms with E-state index in [0.717, 1.165) is 39.6 Å². The number of nitrogens with one attached hydrogen (secondary N) is 2. The zero-order valence-corrected chi connectivity index (χ0v) is 25.4. The van der Waals surface area contributed by atoms with Crippen molar-refractivity contribution in [3.63, 3.8) is 0 Å². The number of nitrogens with zero attached hydrogens (tertiary/aromatic N) is 2. The van der Waals surface area contributed by atoms with Gasteiger partial charge in [-0.2, -0.15) is 0 Å². The molecule has 4 heteroatoms. The van der Waals surface area contributed by atoms with E-state index in [1.54, 1.807) is 0 Å². The van der Waals surface area contributed by atoms with E-state index in [-0.39, 0.29) is 6.17 Å². The molecule has 1 atom stereocenters. The van der Waals surface area contributed by atoms with Gasteiger partial charge in [0.2, 0.25) is 0 Å². The molecule has 1 aliphatic rings. The highest BCUT2D eigenvalue weighted by Crippen LogP contribution is 2.42. The van der Waals surface area contributed by atoms with E-state index in [1.807, 2.05) is 43.4 Å². The van der Waals surface area contributed by atoms with E-state index in [9.17, 15) is 0 Å². The number of fused-ring (bicyclic) bond motifs is 1. The van der Waals surface area contributed by atoms with E-state index in [2.05, 4.69) is 133 Å². The van der Waals surface area contributed by atoms with Gasteiger partial charge in [-0.15, -0.1) is 0 Å². The predicted octanol–water partition coefficient (Wildman–Crippen LogP) is 9.74. The highest BCUT2D eigenvalue weighted by molar-refractivity contribution is 6.13. The molecule has 218 valence electrons. The Bertz CT molecular complexity index is 2060. The standard InChI is InChI=1S/C41H34N4/c1-3-13-30-19-12-21-36(38(30)42-2)35-27-26-28-14-10-11-20-34(28)37(35)29-22-24-33(25-23-29)41-44-39(31-15-6-4-7-16-31)43-40(45-41)32-17-8-5-9-18-32/h3-27,41-42H,1-2H3,(H,43,44,45)/b13-3-. The van der Waals surface area contributed by atoms with Crippen LogP contribution in [0.1, 0.15) is 35.3 Å². The van der Waals surface area contributed by atoms with Crippen molar-refractivity contribution in [1.29, 1.82) is 0 Å². The molecule has 0 spiro atoms. The van der Waals surface area contributed by atoms with Crippen LogP contribution in [-0.4, -0.2) is 18.7 Å². The summed E-state index contributed by atoms with van der Waals surface area (Å²) in [7, 11) is 2.00. The normalized spacial score (nSPS) is 14.6. The van der Waals surface area contributed by atoms with Crippen LogP contribution in [-0.2, 0) is 0 Å². The van der Waals surface area contributed by atoms with Gasteiger partial charge in [-0.1, -0.05) is 152 Å². The van der Waals surface area contributed by atoms with Gasteiger partial charge in [0.15, 0.2) is 5.84 Å². The average Bonchev–Trinajstić information content (AvgIpc) is 3.12. The summed E-state index contributed by atoms with van der Waals surface area (Å²) in [5, 5.41) is 9.50. The summed E-state index contributed by atoms with van der Waals surface area (Å²) in [6, 6.07) is 48.8. The molecule has 1 aliphatic heterocycles. The van der Waals surface area contributed by atoms with Gasteiger partial charge in [-0.3, -0.25) is 0 Å². The van der Waals surface area contributed by atoms with Crippen LogP contribution in [0.2, 0.25) is 0 Å². The summed E-state index contributed by atoms with van der Waals surface area (Å²) in [5.74, 6) is 1.54. The summed E-state index contributed by atoms with van der Waals surface area (Å²) >= 11 is 0. The zero-order valence-electron chi connectivity index (χ0n) is 25.4. The van der Waals surface area contributed by atoms with Crippen molar-refractivity contribution in [2.24, 2.45) is 9.98 Å². The maximum Gasteiger partial charge on any atom is 0.159 e. The third kappa shape index (κ3) is 5.54. The highest BCUT2D eigenvalue weighted by atomic mass is 15.2. The van der Waals surface area contributed by atoms with Crippen LogP contribution in [0.25, 0.3) is 39.1 Å². The van der Waals surface area contributed by atoms with Crippen molar-refractivity contribution < 1.29 is 0 Å². The highest BCUT2D eigenvalue weighted by Gasteiger charge is 2.22. The zero-order chi connectivity index (χ0) is 30.6. The van der Waals surface area contributed by atoms with Crippen molar-refractivity contribution in [2.45, 2.75) is 13.1 Å². The monoisotopic (exact) mass is 582 g/mol. The third-order valence-electron chi connectivity index (χ3n) is 8.25. The Labute approximate surface area is 264 Å². The Morgan fingerprint density at radius 2 is 1.36 bits per heavy atom. The van der Waals surface area contributed by atoms with E-state index in [4.69, 9.17) is 9.98 Å². The molecule has 4 nitrogen and oxygen atoms in total. The maximum absolute atomic E-state index is 5.07. The molecular weight excluding hydrogens is 548 g/mol. The molecule has 6 aromatic rings. The van der Waals surface area contributed by atoms with Gasteiger partial charge >= 0.3 is 0 Å². The Morgan fingerprint density at radius 1 is 0.644 bits per heavy atom. The van der Waals surface area contributed by atoms with E-state index >= 15 is 0 Å². The molecule has 1 unspecified atom stereocenters. The number of aliphatic imine (C=N–C) groups is 2. The summed E-state index contributed by atoms with van der Waals surface area (Å²) in [6.07, 6.45) is 3.96. The number of hydrogen-bond donors (Lipinski definition) is 2. The number of benzene rings is 6. The Morgan fingerprint density at radius 3 is 2.09 bits per heavy atom. The first kappa shape index (κ1) is 28.1. The molecule has 6 aromatic carbocycles. The quantitative estimate of drug-likeness (QED) is 0.197. The van der Waals surface area contributed by atoms with E-state index in [1.165, 1.54) is 33.0 Å². The first-order valence-electron chi connectivity index (χ1n) is 15.3. The summed E-state index contributed by atoms with van der Waals surface area (Å²) in [5.41, 5.74) is 10.1. The minimum absolute atomic E-state index is 0.276. The molecular formula is C41H34N4. The fraction of sp³-hybridized carbons (Fsp3) is 0.0732. The Hall–Kier alpha value is -5.74. The van der Waals surface area contributed by atoms with Gasteiger partial charge in [0.05, 0.1) is 0 Å². The first-order valence-corrected chi connectivity index (χ1v) is 15.3. The first-order chi connectivity index (χ1) is 22.2. The Balaban J connectivity index is 1.33. The summed E-state index contributed by atoms with van der Waals surface area (Å²) in [4.78, 5) is 9.99. The van der Waals surface area contributed by atoms with E-state index in [0.29, 0.717) is 0 Å². The van der Waals surface area contributed by atoms with Gasteiger partial charge in [-0.25, -0.2) is 9.98 Å². The molecule has 0 bridgehead atoms. The lowest BCUT2D eigenvalue weighted by Gasteiger charge is -2.24. The van der Waals surface area contributed by atoms with Crippen LogP contribution >= 0.6 is 0 Å². The fourth-order valence-electron chi connectivity index (χ4n) is 6.11. The number of para-hydroxylation sites is 1. The van der Waals surface area contributed by atoms with E-state index < -0.39 is 0 Å². The number of rotatable bonds is 7. The van der Waals surface area contributed by atoms with Crippen molar-refractivity contribution in [1.82, 2.24) is 5.32 Å². The second-order valence-electron chi connectivity index (χ2n) is 11.0. The SMILES string of the molecule is C/C=C\c1cccc(-c2ccc3ccccc3c2-c2ccc(C3N=C(c4ccccc4)N=C(c4ccccc4)N3)cc2)c1NC. The van der Waals surface area contributed by atoms with Gasteiger partial charge < -0.3 is 10.6 Å². The molecule has 1 heterocycles. The predicted molar refractivity (Wildman–Crippen MR) is 191 cm³/mol. The second-order valence-corrected chi connectivity index (χ2v) is 11.0. The van der Waals surface area contributed by atoms with Crippen LogP contribution in [0.3, 0.4) is 0 Å². The van der Waals surface area contributed by atoms with Crippen molar-refractivity contribution >= 4 is 34.2 Å². The number of anilines is 1. The largest absolute Gasteiger partial charge is 0.387 e. The van der Waals surface area contributed by atoms with Crippen molar-refractivity contribution in [2.75, 3.05) is 12.4 Å². The molecule has 0 aromatic heterocycles.